The van der Waals surface area contributed by atoms with E-state index in [4.69, 9.17) is 0 Å². The largest absolute Gasteiger partial charge is 0.348 e. The first-order chi connectivity index (χ1) is 11.1. The molecule has 0 saturated heterocycles. The molecule has 0 aliphatic heterocycles. The number of hydrogen-bond acceptors (Lipinski definition) is 1. The summed E-state index contributed by atoms with van der Waals surface area (Å²) in [5.74, 6) is -0.573. The molecule has 1 amide bonds. The van der Waals surface area contributed by atoms with Gasteiger partial charge in [0.1, 0.15) is 12.4 Å². The molecule has 0 fully saturated rings. The van der Waals surface area contributed by atoms with Crippen molar-refractivity contribution in [3.05, 3.63) is 77.1 Å². The summed E-state index contributed by atoms with van der Waals surface area (Å²) in [5.41, 5.74) is 2.71. The van der Waals surface area contributed by atoms with Crippen molar-refractivity contribution in [2.45, 2.75) is 13.1 Å². The normalized spacial score (nSPS) is 11.1. The second-order valence-corrected chi connectivity index (χ2v) is 5.73. The number of carbonyl (C=O) groups is 1. The molecule has 2 N–H and O–H groups in total. The molecule has 2 rings (SSSR count). The van der Waals surface area contributed by atoms with Crippen molar-refractivity contribution in [3.8, 4) is 0 Å². The number of hydrogen-bond donors (Lipinski definition) is 2. The summed E-state index contributed by atoms with van der Waals surface area (Å²) in [4.78, 5) is 13.2. The first kappa shape index (κ1) is 16.9. The molecule has 0 bridgehead atoms. The van der Waals surface area contributed by atoms with Gasteiger partial charge < -0.3 is 10.2 Å². The number of nitrogens with one attached hydrogen (secondary N) is 2. The smallest absolute Gasteiger partial charge is 0.244 e. The standard InChI is InChI=1S/C19H21FN2O/c1-22(2)14-17-9-4-3-8-16(17)13-21-19(23)12-11-15-7-5-6-10-18(15)20/h3-12H,13-14H2,1-2H3,(H,21,23)/p+1/b12-11+. The third-order valence-corrected chi connectivity index (χ3v) is 3.43. The predicted molar refractivity (Wildman–Crippen MR) is 90.2 cm³/mol. The van der Waals surface area contributed by atoms with E-state index in [-0.39, 0.29) is 11.7 Å². The molecule has 0 aliphatic carbocycles. The van der Waals surface area contributed by atoms with Crippen molar-refractivity contribution in [3.63, 3.8) is 0 Å². The van der Waals surface area contributed by atoms with Crippen LogP contribution in [-0.2, 0) is 17.9 Å². The van der Waals surface area contributed by atoms with E-state index < -0.39 is 0 Å². The predicted octanol–water partition coefficient (Wildman–Crippen LogP) is 1.80. The summed E-state index contributed by atoms with van der Waals surface area (Å²) in [6.07, 6.45) is 2.85. The first-order valence-corrected chi connectivity index (χ1v) is 7.62. The monoisotopic (exact) mass is 313 g/mol. The third kappa shape index (κ3) is 5.34. The highest BCUT2D eigenvalue weighted by molar-refractivity contribution is 5.91. The Hall–Kier alpha value is -2.46. The Morgan fingerprint density at radius 1 is 1.09 bits per heavy atom. The second kappa shape index (κ2) is 8.25. The molecule has 23 heavy (non-hydrogen) atoms. The van der Waals surface area contributed by atoms with E-state index in [0.29, 0.717) is 12.1 Å². The fourth-order valence-electron chi connectivity index (χ4n) is 2.30. The maximum Gasteiger partial charge on any atom is 0.244 e. The summed E-state index contributed by atoms with van der Waals surface area (Å²) in [6, 6.07) is 14.4. The fourth-order valence-corrected chi connectivity index (χ4v) is 2.30. The van der Waals surface area contributed by atoms with Crippen LogP contribution in [-0.4, -0.2) is 20.0 Å². The molecule has 2 aromatic carbocycles. The molecule has 0 unspecified atom stereocenters. The van der Waals surface area contributed by atoms with Gasteiger partial charge in [0.15, 0.2) is 0 Å². The Bertz CT molecular complexity index is 695. The topological polar surface area (TPSA) is 33.5 Å². The summed E-state index contributed by atoms with van der Waals surface area (Å²) < 4.78 is 13.5. The van der Waals surface area contributed by atoms with Gasteiger partial charge in [-0.1, -0.05) is 42.5 Å². The molecule has 2 aromatic rings. The van der Waals surface area contributed by atoms with Crippen LogP contribution in [0.25, 0.3) is 6.08 Å². The van der Waals surface area contributed by atoms with Gasteiger partial charge in [0, 0.05) is 23.7 Å². The van der Waals surface area contributed by atoms with Crippen molar-refractivity contribution < 1.29 is 14.1 Å². The quantitative estimate of drug-likeness (QED) is 0.784. The van der Waals surface area contributed by atoms with Crippen LogP contribution in [0.1, 0.15) is 16.7 Å². The zero-order valence-electron chi connectivity index (χ0n) is 13.5. The Labute approximate surface area is 136 Å². The first-order valence-electron chi connectivity index (χ1n) is 7.62. The van der Waals surface area contributed by atoms with Gasteiger partial charge in [-0.2, -0.15) is 0 Å². The SMILES string of the molecule is C[NH+](C)Cc1ccccc1CNC(=O)/C=C/c1ccccc1F. The lowest BCUT2D eigenvalue weighted by Gasteiger charge is -2.12. The zero-order valence-corrected chi connectivity index (χ0v) is 13.5. The Kier molecular flexibility index (Phi) is 6.06. The molecule has 0 radical (unpaired) electrons. The van der Waals surface area contributed by atoms with Crippen LogP contribution >= 0.6 is 0 Å². The van der Waals surface area contributed by atoms with E-state index in [2.05, 4.69) is 25.5 Å². The van der Waals surface area contributed by atoms with E-state index in [1.165, 1.54) is 28.7 Å². The van der Waals surface area contributed by atoms with E-state index >= 15 is 0 Å². The number of halogens is 1. The number of carbonyl (C=O) groups excluding carboxylic acids is 1. The van der Waals surface area contributed by atoms with Crippen molar-refractivity contribution in [2.24, 2.45) is 0 Å². The Morgan fingerprint density at radius 3 is 2.43 bits per heavy atom. The van der Waals surface area contributed by atoms with Gasteiger partial charge in [-0.05, 0) is 17.7 Å². The molecule has 0 spiro atoms. The average molecular weight is 313 g/mol. The van der Waals surface area contributed by atoms with Gasteiger partial charge in [-0.15, -0.1) is 0 Å². The number of benzene rings is 2. The van der Waals surface area contributed by atoms with Crippen LogP contribution in [0.5, 0.6) is 0 Å². The van der Waals surface area contributed by atoms with Crippen LogP contribution < -0.4 is 10.2 Å². The van der Waals surface area contributed by atoms with Crippen LogP contribution in [0.3, 0.4) is 0 Å². The molecule has 0 atom stereocenters. The maximum atomic E-state index is 13.5. The maximum absolute atomic E-state index is 13.5. The minimum atomic E-state index is -0.337. The number of quaternary nitrogens is 1. The summed E-state index contributed by atoms with van der Waals surface area (Å²) in [5, 5.41) is 2.84. The van der Waals surface area contributed by atoms with Gasteiger partial charge in [0.05, 0.1) is 14.1 Å². The van der Waals surface area contributed by atoms with E-state index in [0.717, 1.165) is 12.1 Å². The molecular formula is C19H22FN2O+. The minimum absolute atomic E-state index is 0.236. The Balaban J connectivity index is 1.96. The van der Waals surface area contributed by atoms with Crippen molar-refractivity contribution in [1.82, 2.24) is 5.32 Å². The lowest BCUT2D eigenvalue weighted by molar-refractivity contribution is -0.872. The average Bonchev–Trinajstić information content (AvgIpc) is 2.53. The lowest BCUT2D eigenvalue weighted by atomic mass is 10.1. The number of amides is 1. The summed E-state index contributed by atoms with van der Waals surface area (Å²) >= 11 is 0. The van der Waals surface area contributed by atoms with Crippen molar-refractivity contribution >= 4 is 12.0 Å². The second-order valence-electron chi connectivity index (χ2n) is 5.73. The molecule has 0 saturated carbocycles. The molecule has 120 valence electrons. The summed E-state index contributed by atoms with van der Waals surface area (Å²) in [7, 11) is 4.18. The molecular weight excluding hydrogens is 291 g/mol. The molecule has 0 aromatic heterocycles. The molecule has 4 heteroatoms. The van der Waals surface area contributed by atoms with Crippen LogP contribution in [0.15, 0.2) is 54.6 Å². The van der Waals surface area contributed by atoms with Crippen LogP contribution in [0.4, 0.5) is 4.39 Å². The number of rotatable bonds is 6. The van der Waals surface area contributed by atoms with Crippen LogP contribution in [0, 0.1) is 5.82 Å². The zero-order chi connectivity index (χ0) is 16.7. The van der Waals surface area contributed by atoms with Gasteiger partial charge >= 0.3 is 0 Å². The highest BCUT2D eigenvalue weighted by Gasteiger charge is 2.06. The van der Waals surface area contributed by atoms with Gasteiger partial charge in [-0.3, -0.25) is 4.79 Å². The van der Waals surface area contributed by atoms with Gasteiger partial charge in [0.25, 0.3) is 0 Å². The third-order valence-electron chi connectivity index (χ3n) is 3.43. The molecule has 3 nitrogen and oxygen atoms in total. The van der Waals surface area contributed by atoms with Crippen LogP contribution in [0.2, 0.25) is 0 Å². The van der Waals surface area contributed by atoms with Gasteiger partial charge in [0.2, 0.25) is 5.91 Å². The van der Waals surface area contributed by atoms with Gasteiger partial charge in [-0.25, -0.2) is 4.39 Å². The highest BCUT2D eigenvalue weighted by Crippen LogP contribution is 2.09. The van der Waals surface area contributed by atoms with Crippen molar-refractivity contribution in [1.29, 1.82) is 0 Å². The fraction of sp³-hybridized carbons (Fsp3) is 0.211. The molecule has 0 aliphatic rings. The Morgan fingerprint density at radius 2 is 1.74 bits per heavy atom. The molecule has 0 heterocycles. The van der Waals surface area contributed by atoms with E-state index in [1.807, 2.05) is 18.2 Å². The lowest BCUT2D eigenvalue weighted by Crippen LogP contribution is -3.04. The van der Waals surface area contributed by atoms with E-state index in [1.54, 1.807) is 18.2 Å². The van der Waals surface area contributed by atoms with Crippen molar-refractivity contribution in [2.75, 3.05) is 14.1 Å². The summed E-state index contributed by atoms with van der Waals surface area (Å²) in [6.45, 7) is 1.36. The minimum Gasteiger partial charge on any atom is -0.348 e. The highest BCUT2D eigenvalue weighted by atomic mass is 19.1. The van der Waals surface area contributed by atoms with E-state index in [9.17, 15) is 9.18 Å².